The molecule has 0 aromatic rings. The molecule has 1 aliphatic heterocycles. The van der Waals surface area contributed by atoms with Crippen LogP contribution in [0, 0.1) is 23.2 Å². The smallest absolute Gasteiger partial charge is 0.0669 e. The van der Waals surface area contributed by atoms with Crippen molar-refractivity contribution in [3.8, 4) is 6.07 Å². The van der Waals surface area contributed by atoms with Crippen molar-refractivity contribution in [3.05, 3.63) is 0 Å². The Kier molecular flexibility index (Phi) is 3.11. The van der Waals surface area contributed by atoms with Gasteiger partial charge in [-0.1, -0.05) is 20.8 Å². The fraction of sp³-hybridized carbons (Fsp3) is 0.900. The number of hydrogen-bond acceptors (Lipinski definition) is 2. The van der Waals surface area contributed by atoms with Crippen LogP contribution in [0.15, 0.2) is 0 Å². The van der Waals surface area contributed by atoms with Gasteiger partial charge in [0, 0.05) is 12.6 Å². The molecule has 1 rings (SSSR count). The highest BCUT2D eigenvalue weighted by atomic mass is 15.2. The van der Waals surface area contributed by atoms with E-state index in [1.807, 2.05) is 0 Å². The van der Waals surface area contributed by atoms with E-state index in [4.69, 9.17) is 5.26 Å². The number of rotatable bonds is 2. The van der Waals surface area contributed by atoms with Gasteiger partial charge in [0.25, 0.3) is 0 Å². The van der Waals surface area contributed by atoms with Gasteiger partial charge in [0.2, 0.25) is 0 Å². The maximum atomic E-state index is 8.80. The predicted octanol–water partition coefficient (Wildman–Crippen LogP) is 1.88. The lowest BCUT2D eigenvalue weighted by atomic mass is 9.98. The van der Waals surface area contributed by atoms with Crippen LogP contribution in [0.2, 0.25) is 0 Å². The van der Waals surface area contributed by atoms with Gasteiger partial charge in [0.05, 0.1) is 12.0 Å². The maximum absolute atomic E-state index is 8.80. The Hall–Kier alpha value is -0.550. The van der Waals surface area contributed by atoms with E-state index in [0.717, 1.165) is 19.5 Å². The van der Waals surface area contributed by atoms with Crippen LogP contribution in [-0.4, -0.2) is 24.0 Å². The molecule has 0 amide bonds. The zero-order valence-electron chi connectivity index (χ0n) is 8.25. The van der Waals surface area contributed by atoms with E-state index in [-0.39, 0.29) is 5.92 Å². The standard InChI is InChI=1S/C10H18N2/c1-4-12-7-9(6-11)5-10(12)8(2)3/h8-10H,4-5,7H2,1-3H3/t9-,10+/m1/s1. The van der Waals surface area contributed by atoms with E-state index in [2.05, 4.69) is 31.7 Å². The zero-order valence-corrected chi connectivity index (χ0v) is 8.25. The maximum Gasteiger partial charge on any atom is 0.0669 e. The summed E-state index contributed by atoms with van der Waals surface area (Å²) in [6, 6.07) is 3.01. The van der Waals surface area contributed by atoms with Gasteiger partial charge in [-0.25, -0.2) is 0 Å². The summed E-state index contributed by atoms with van der Waals surface area (Å²) < 4.78 is 0. The molecule has 0 unspecified atom stereocenters. The summed E-state index contributed by atoms with van der Waals surface area (Å²) in [5.74, 6) is 0.959. The molecule has 2 nitrogen and oxygen atoms in total. The Labute approximate surface area is 75.2 Å². The highest BCUT2D eigenvalue weighted by Crippen LogP contribution is 2.27. The molecule has 0 radical (unpaired) electrons. The zero-order chi connectivity index (χ0) is 9.14. The molecule has 0 N–H and O–H groups in total. The summed E-state index contributed by atoms with van der Waals surface area (Å²) in [4.78, 5) is 2.43. The van der Waals surface area contributed by atoms with Crippen molar-refractivity contribution in [2.75, 3.05) is 13.1 Å². The molecule has 2 atom stereocenters. The Morgan fingerprint density at radius 2 is 2.25 bits per heavy atom. The molecule has 0 spiro atoms. The van der Waals surface area contributed by atoms with Crippen molar-refractivity contribution in [2.24, 2.45) is 11.8 Å². The van der Waals surface area contributed by atoms with Crippen molar-refractivity contribution in [1.82, 2.24) is 4.90 Å². The van der Waals surface area contributed by atoms with Crippen LogP contribution in [0.1, 0.15) is 27.2 Å². The summed E-state index contributed by atoms with van der Waals surface area (Å²) >= 11 is 0. The molecule has 0 aromatic carbocycles. The van der Waals surface area contributed by atoms with Gasteiger partial charge >= 0.3 is 0 Å². The second kappa shape index (κ2) is 3.91. The van der Waals surface area contributed by atoms with E-state index < -0.39 is 0 Å². The molecule has 0 saturated carbocycles. The van der Waals surface area contributed by atoms with Gasteiger partial charge in [-0.15, -0.1) is 0 Å². The number of likely N-dealkylation sites (tertiary alicyclic amines) is 1. The molecule has 0 bridgehead atoms. The van der Waals surface area contributed by atoms with E-state index in [9.17, 15) is 0 Å². The van der Waals surface area contributed by atoms with Crippen molar-refractivity contribution < 1.29 is 0 Å². The van der Waals surface area contributed by atoms with Crippen LogP contribution in [0.3, 0.4) is 0 Å². The number of nitrogens with zero attached hydrogens (tertiary/aromatic N) is 2. The Morgan fingerprint density at radius 3 is 2.58 bits per heavy atom. The molecule has 1 aliphatic rings. The number of nitriles is 1. The average molecular weight is 166 g/mol. The fourth-order valence-electron chi connectivity index (χ4n) is 2.08. The second-order valence-electron chi connectivity index (χ2n) is 3.96. The lowest BCUT2D eigenvalue weighted by Gasteiger charge is -2.25. The first-order valence-electron chi connectivity index (χ1n) is 4.82. The first kappa shape index (κ1) is 9.54. The second-order valence-corrected chi connectivity index (χ2v) is 3.96. The van der Waals surface area contributed by atoms with Crippen molar-refractivity contribution in [2.45, 2.75) is 33.2 Å². The Morgan fingerprint density at radius 1 is 1.58 bits per heavy atom. The first-order chi connectivity index (χ1) is 5.69. The lowest BCUT2D eigenvalue weighted by molar-refractivity contribution is 0.216. The molecule has 1 heterocycles. The van der Waals surface area contributed by atoms with Crippen LogP contribution in [0.4, 0.5) is 0 Å². The molecule has 1 saturated heterocycles. The topological polar surface area (TPSA) is 27.0 Å². The summed E-state index contributed by atoms with van der Waals surface area (Å²) in [6.45, 7) is 8.73. The van der Waals surface area contributed by atoms with Crippen LogP contribution in [0.25, 0.3) is 0 Å². The molecule has 12 heavy (non-hydrogen) atoms. The third-order valence-corrected chi connectivity index (χ3v) is 2.81. The van der Waals surface area contributed by atoms with Crippen molar-refractivity contribution in [1.29, 1.82) is 5.26 Å². The molecule has 68 valence electrons. The normalized spacial score (nSPS) is 30.9. The van der Waals surface area contributed by atoms with E-state index in [1.165, 1.54) is 0 Å². The van der Waals surface area contributed by atoms with E-state index in [1.54, 1.807) is 0 Å². The molecular weight excluding hydrogens is 148 g/mol. The monoisotopic (exact) mass is 166 g/mol. The largest absolute Gasteiger partial charge is 0.299 e. The number of hydrogen-bond donors (Lipinski definition) is 0. The molecule has 0 aromatic heterocycles. The fourth-order valence-corrected chi connectivity index (χ4v) is 2.08. The predicted molar refractivity (Wildman–Crippen MR) is 49.6 cm³/mol. The van der Waals surface area contributed by atoms with Crippen LogP contribution in [-0.2, 0) is 0 Å². The summed E-state index contributed by atoms with van der Waals surface area (Å²) in [5.41, 5.74) is 0. The van der Waals surface area contributed by atoms with Crippen LogP contribution >= 0.6 is 0 Å². The van der Waals surface area contributed by atoms with Gasteiger partial charge < -0.3 is 0 Å². The lowest BCUT2D eigenvalue weighted by Crippen LogP contribution is -2.33. The first-order valence-corrected chi connectivity index (χ1v) is 4.82. The van der Waals surface area contributed by atoms with E-state index >= 15 is 0 Å². The van der Waals surface area contributed by atoms with Gasteiger partial charge in [-0.05, 0) is 18.9 Å². The molecule has 0 aliphatic carbocycles. The van der Waals surface area contributed by atoms with Crippen molar-refractivity contribution in [3.63, 3.8) is 0 Å². The van der Waals surface area contributed by atoms with Crippen molar-refractivity contribution >= 4 is 0 Å². The minimum atomic E-state index is 0.275. The van der Waals surface area contributed by atoms with E-state index in [0.29, 0.717) is 12.0 Å². The summed E-state index contributed by atoms with van der Waals surface area (Å²) in [5, 5.41) is 8.80. The van der Waals surface area contributed by atoms with Gasteiger partial charge in [0.15, 0.2) is 0 Å². The molecule has 2 heteroatoms. The third kappa shape index (κ3) is 1.78. The van der Waals surface area contributed by atoms with Gasteiger partial charge in [-0.2, -0.15) is 5.26 Å². The molecular formula is C10H18N2. The quantitative estimate of drug-likeness (QED) is 0.626. The SMILES string of the molecule is CCN1C[C@@H](C#N)C[C@H]1C(C)C. The minimum absolute atomic E-state index is 0.275. The minimum Gasteiger partial charge on any atom is -0.299 e. The summed E-state index contributed by atoms with van der Waals surface area (Å²) in [6.07, 6.45) is 1.07. The van der Waals surface area contributed by atoms with Gasteiger partial charge in [-0.3, -0.25) is 4.90 Å². The average Bonchev–Trinajstić information content (AvgIpc) is 2.47. The Bertz CT molecular complexity index is 181. The van der Waals surface area contributed by atoms with Crippen LogP contribution < -0.4 is 0 Å². The van der Waals surface area contributed by atoms with Crippen LogP contribution in [0.5, 0.6) is 0 Å². The Balaban J connectivity index is 2.57. The summed E-state index contributed by atoms with van der Waals surface area (Å²) in [7, 11) is 0. The van der Waals surface area contributed by atoms with Gasteiger partial charge in [0.1, 0.15) is 0 Å². The highest BCUT2D eigenvalue weighted by molar-refractivity contribution is 4.96. The third-order valence-electron chi connectivity index (χ3n) is 2.81. The highest BCUT2D eigenvalue weighted by Gasteiger charge is 2.32. The molecule has 1 fully saturated rings.